The molecular weight excluding hydrogens is 447 g/mol. The summed E-state index contributed by atoms with van der Waals surface area (Å²) in [5.74, 6) is -0.0505. The maximum atomic E-state index is 13.2. The van der Waals surface area contributed by atoms with Crippen molar-refractivity contribution in [1.29, 1.82) is 0 Å². The molecule has 1 atom stereocenters. The Morgan fingerprint density at radius 2 is 1.88 bits per heavy atom. The van der Waals surface area contributed by atoms with E-state index < -0.39 is 6.04 Å². The number of aryl methyl sites for hydroxylation is 1. The maximum Gasteiger partial charge on any atom is 0.261 e. The average molecular weight is 477 g/mol. The van der Waals surface area contributed by atoms with Crippen molar-refractivity contribution in [2.45, 2.75) is 64.6 Å². The lowest BCUT2D eigenvalue weighted by atomic mass is 9.95. The van der Waals surface area contributed by atoms with Crippen molar-refractivity contribution >= 4 is 35.0 Å². The van der Waals surface area contributed by atoms with Gasteiger partial charge in [0, 0.05) is 17.6 Å². The van der Waals surface area contributed by atoms with Gasteiger partial charge in [0.1, 0.15) is 11.8 Å². The molecule has 2 aromatic carbocycles. The normalized spacial score (nSPS) is 15.1. The van der Waals surface area contributed by atoms with Crippen molar-refractivity contribution in [3.8, 4) is 5.75 Å². The van der Waals surface area contributed by atoms with Gasteiger partial charge in [-0.3, -0.25) is 9.59 Å². The Morgan fingerprint density at radius 1 is 1.12 bits per heavy atom. The first-order valence-corrected chi connectivity index (χ1v) is 11.8. The summed E-state index contributed by atoms with van der Waals surface area (Å²) in [6, 6.07) is 12.3. The molecule has 0 bridgehead atoms. The van der Waals surface area contributed by atoms with Crippen LogP contribution in [0.2, 0.25) is 10.0 Å². The lowest BCUT2D eigenvalue weighted by molar-refractivity contribution is -0.142. The Bertz CT molecular complexity index is 945. The molecule has 1 aliphatic carbocycles. The number of nitrogens with one attached hydrogen (secondary N) is 1. The minimum absolute atomic E-state index is 0.137. The highest BCUT2D eigenvalue weighted by molar-refractivity contribution is 6.35. The molecule has 0 spiro atoms. The number of rotatable bonds is 8. The molecule has 32 heavy (non-hydrogen) atoms. The number of ether oxygens (including phenoxy) is 1. The van der Waals surface area contributed by atoms with Gasteiger partial charge in [-0.15, -0.1) is 0 Å². The standard InChI is InChI=1S/C25H30Cl2N2O3/c1-17-7-6-8-19(13-17)15-29(18(2)25(31)28-21-9-4-3-5-10-21)24(30)16-32-23-12-11-20(26)14-22(23)27/h6-8,11-14,18,21H,3-5,9-10,15-16H2,1-2H3,(H,28,31)/t18-/m0/s1. The fourth-order valence-electron chi connectivity index (χ4n) is 3.97. The van der Waals surface area contributed by atoms with Crippen LogP contribution in [0.3, 0.4) is 0 Å². The molecule has 2 amide bonds. The first kappa shape index (κ1) is 24.4. The fourth-order valence-corrected chi connectivity index (χ4v) is 4.44. The molecule has 1 saturated carbocycles. The SMILES string of the molecule is Cc1cccc(CN(C(=O)COc2ccc(Cl)cc2Cl)[C@@H](C)C(=O)NC2CCCCC2)c1. The number of carbonyl (C=O) groups excluding carboxylic acids is 2. The van der Waals surface area contributed by atoms with Crippen molar-refractivity contribution < 1.29 is 14.3 Å². The highest BCUT2D eigenvalue weighted by Gasteiger charge is 2.28. The van der Waals surface area contributed by atoms with Gasteiger partial charge in [-0.1, -0.05) is 72.3 Å². The zero-order chi connectivity index (χ0) is 23.1. The van der Waals surface area contributed by atoms with Gasteiger partial charge in [0.25, 0.3) is 5.91 Å². The van der Waals surface area contributed by atoms with Crippen LogP contribution < -0.4 is 10.1 Å². The van der Waals surface area contributed by atoms with Gasteiger partial charge >= 0.3 is 0 Å². The van der Waals surface area contributed by atoms with Crippen LogP contribution in [-0.4, -0.2) is 35.4 Å². The molecule has 1 N–H and O–H groups in total. The van der Waals surface area contributed by atoms with Crippen LogP contribution in [0.4, 0.5) is 0 Å². The number of amides is 2. The first-order valence-electron chi connectivity index (χ1n) is 11.1. The average Bonchev–Trinajstić information content (AvgIpc) is 2.77. The molecule has 1 fully saturated rings. The summed E-state index contributed by atoms with van der Waals surface area (Å²) in [4.78, 5) is 27.7. The zero-order valence-corrected chi connectivity index (χ0v) is 20.1. The molecule has 0 aliphatic heterocycles. The van der Waals surface area contributed by atoms with Crippen molar-refractivity contribution in [2.75, 3.05) is 6.61 Å². The predicted molar refractivity (Wildman–Crippen MR) is 128 cm³/mol. The molecule has 7 heteroatoms. The molecule has 0 heterocycles. The van der Waals surface area contributed by atoms with E-state index >= 15 is 0 Å². The van der Waals surface area contributed by atoms with E-state index in [4.69, 9.17) is 27.9 Å². The Balaban J connectivity index is 1.72. The van der Waals surface area contributed by atoms with Crippen molar-refractivity contribution in [2.24, 2.45) is 0 Å². The number of halogens is 2. The maximum absolute atomic E-state index is 13.2. The van der Waals surface area contributed by atoms with Crippen molar-refractivity contribution in [1.82, 2.24) is 10.2 Å². The van der Waals surface area contributed by atoms with Crippen molar-refractivity contribution in [3.05, 3.63) is 63.6 Å². The van der Waals surface area contributed by atoms with Crippen LogP contribution in [0, 0.1) is 6.92 Å². The molecule has 0 radical (unpaired) electrons. The van der Waals surface area contributed by atoms with Gasteiger partial charge in [0.05, 0.1) is 5.02 Å². The summed E-state index contributed by atoms with van der Waals surface area (Å²) in [6.45, 7) is 3.85. The van der Waals surface area contributed by atoms with E-state index in [1.807, 2.05) is 31.2 Å². The van der Waals surface area contributed by atoms with E-state index in [9.17, 15) is 9.59 Å². The number of benzene rings is 2. The quantitative estimate of drug-likeness (QED) is 0.543. The molecule has 3 rings (SSSR count). The highest BCUT2D eigenvalue weighted by atomic mass is 35.5. The van der Waals surface area contributed by atoms with Gasteiger partial charge < -0.3 is 15.0 Å². The van der Waals surface area contributed by atoms with Crippen molar-refractivity contribution in [3.63, 3.8) is 0 Å². The monoisotopic (exact) mass is 476 g/mol. The Morgan fingerprint density at radius 3 is 2.56 bits per heavy atom. The van der Waals surface area contributed by atoms with Crippen LogP contribution in [0.15, 0.2) is 42.5 Å². The highest BCUT2D eigenvalue weighted by Crippen LogP contribution is 2.27. The summed E-state index contributed by atoms with van der Waals surface area (Å²) in [5.41, 5.74) is 2.05. The number of nitrogens with zero attached hydrogens (tertiary/aromatic N) is 1. The summed E-state index contributed by atoms with van der Waals surface area (Å²) in [6.07, 6.45) is 5.44. The fraction of sp³-hybridized carbons (Fsp3) is 0.440. The lowest BCUT2D eigenvalue weighted by Gasteiger charge is -2.31. The number of hydrogen-bond acceptors (Lipinski definition) is 3. The van der Waals surface area contributed by atoms with E-state index in [0.717, 1.165) is 36.8 Å². The van der Waals surface area contributed by atoms with E-state index in [2.05, 4.69) is 5.32 Å². The largest absolute Gasteiger partial charge is 0.482 e. The summed E-state index contributed by atoms with van der Waals surface area (Å²) >= 11 is 12.1. The van der Waals surface area contributed by atoms with Gasteiger partial charge in [0.2, 0.25) is 5.91 Å². The molecule has 0 saturated heterocycles. The summed E-state index contributed by atoms with van der Waals surface area (Å²) < 4.78 is 5.66. The minimum atomic E-state index is -0.630. The van der Waals surface area contributed by atoms with E-state index in [-0.39, 0.29) is 24.5 Å². The first-order chi connectivity index (χ1) is 15.3. The Labute approximate surface area is 200 Å². The van der Waals surface area contributed by atoms with Crippen LogP contribution in [0.25, 0.3) is 0 Å². The van der Waals surface area contributed by atoms with Crippen LogP contribution >= 0.6 is 23.2 Å². The zero-order valence-electron chi connectivity index (χ0n) is 18.6. The second-order valence-corrected chi connectivity index (χ2v) is 9.24. The Kier molecular flexibility index (Phi) is 8.83. The number of hydrogen-bond donors (Lipinski definition) is 1. The minimum Gasteiger partial charge on any atom is -0.482 e. The molecule has 2 aromatic rings. The molecule has 0 aromatic heterocycles. The molecule has 5 nitrogen and oxygen atoms in total. The lowest BCUT2D eigenvalue weighted by Crippen LogP contribution is -2.51. The topological polar surface area (TPSA) is 58.6 Å². The van der Waals surface area contributed by atoms with Crippen LogP contribution in [0.5, 0.6) is 5.75 Å². The molecule has 172 valence electrons. The molecule has 1 aliphatic rings. The van der Waals surface area contributed by atoms with Crippen LogP contribution in [0.1, 0.15) is 50.2 Å². The molecular formula is C25H30Cl2N2O3. The Hall–Kier alpha value is -2.24. The van der Waals surface area contributed by atoms with Crippen LogP contribution in [-0.2, 0) is 16.1 Å². The van der Waals surface area contributed by atoms with E-state index in [1.54, 1.807) is 30.0 Å². The second-order valence-electron chi connectivity index (χ2n) is 8.39. The predicted octanol–water partition coefficient (Wildman–Crippen LogP) is 5.55. The third-order valence-electron chi connectivity index (χ3n) is 5.80. The smallest absolute Gasteiger partial charge is 0.261 e. The van der Waals surface area contributed by atoms with Gasteiger partial charge in [-0.2, -0.15) is 0 Å². The third-order valence-corrected chi connectivity index (χ3v) is 6.33. The second kappa shape index (κ2) is 11.6. The van der Waals surface area contributed by atoms with Gasteiger partial charge in [0.15, 0.2) is 6.61 Å². The molecule has 0 unspecified atom stereocenters. The van der Waals surface area contributed by atoms with Gasteiger partial charge in [-0.25, -0.2) is 0 Å². The van der Waals surface area contributed by atoms with E-state index in [1.165, 1.54) is 6.42 Å². The summed E-state index contributed by atoms with van der Waals surface area (Å²) in [5, 5.41) is 3.95. The third kappa shape index (κ3) is 6.88. The number of carbonyl (C=O) groups is 2. The summed E-state index contributed by atoms with van der Waals surface area (Å²) in [7, 11) is 0. The van der Waals surface area contributed by atoms with E-state index in [0.29, 0.717) is 22.3 Å². The van der Waals surface area contributed by atoms with Gasteiger partial charge in [-0.05, 0) is 50.5 Å².